The Balaban J connectivity index is 2.05. The van der Waals surface area contributed by atoms with Gasteiger partial charge in [0.2, 0.25) is 0 Å². The molecule has 0 amide bonds. The van der Waals surface area contributed by atoms with E-state index in [1.165, 1.54) is 0 Å². The Hall–Kier alpha value is 0.420. The maximum Gasteiger partial charge on any atom is 0.113 e. The molecule has 1 aliphatic carbocycles. The van der Waals surface area contributed by atoms with Crippen LogP contribution in [0.5, 0.6) is 0 Å². The van der Waals surface area contributed by atoms with Crippen molar-refractivity contribution in [3.63, 3.8) is 0 Å². The molecule has 6 heteroatoms. The Morgan fingerprint density at radius 1 is 1.27 bits per heavy atom. The fourth-order valence-corrected chi connectivity index (χ4v) is 4.69. The average Bonchev–Trinajstić information content (AvgIpc) is 2.54. The van der Waals surface area contributed by atoms with Crippen molar-refractivity contribution in [2.24, 2.45) is 17.8 Å². The lowest BCUT2D eigenvalue weighted by atomic mass is 9.72. The summed E-state index contributed by atoms with van der Waals surface area (Å²) < 4.78 is 5.54. The van der Waals surface area contributed by atoms with Crippen LogP contribution in [0.25, 0.3) is 0 Å². The Labute approximate surface area is 144 Å². The van der Waals surface area contributed by atoms with Gasteiger partial charge in [0.25, 0.3) is 0 Å². The Kier molecular flexibility index (Phi) is 7.71. The molecule has 2 aliphatic rings. The van der Waals surface area contributed by atoms with Gasteiger partial charge in [0.05, 0.1) is 11.5 Å². The van der Waals surface area contributed by atoms with Gasteiger partial charge in [-0.15, -0.1) is 23.2 Å². The first-order chi connectivity index (χ1) is 10.6. The molecule has 1 aliphatic heterocycles. The molecule has 22 heavy (non-hydrogen) atoms. The Morgan fingerprint density at radius 2 is 2.05 bits per heavy atom. The number of hydrogen-bond donors (Lipinski definition) is 3. The molecule has 3 N–H and O–H groups in total. The fraction of sp³-hybridized carbons (Fsp3) is 1.00. The van der Waals surface area contributed by atoms with E-state index in [2.05, 4.69) is 10.6 Å². The molecule has 0 bridgehead atoms. The maximum atomic E-state index is 11.0. The summed E-state index contributed by atoms with van der Waals surface area (Å²) in [7, 11) is 3.65. The maximum absolute atomic E-state index is 11.0. The summed E-state index contributed by atoms with van der Waals surface area (Å²) in [5, 5.41) is 17.7. The molecule has 1 saturated carbocycles. The predicted octanol–water partition coefficient (Wildman–Crippen LogP) is 2.17. The lowest BCUT2D eigenvalue weighted by Crippen LogP contribution is -2.52. The number of piperidine rings is 1. The highest BCUT2D eigenvalue weighted by molar-refractivity contribution is 6.30. The van der Waals surface area contributed by atoms with Crippen molar-refractivity contribution < 1.29 is 9.84 Å². The van der Waals surface area contributed by atoms with E-state index in [1.54, 1.807) is 7.11 Å². The lowest BCUT2D eigenvalue weighted by Gasteiger charge is -2.42. The van der Waals surface area contributed by atoms with Crippen LogP contribution in [0.1, 0.15) is 32.1 Å². The SMILES string of the molecule is CNCC([C@@H]1CCC(Cl)C(Cl)C1)[C@@H](O)C1CCCNC1OC. The monoisotopic (exact) mass is 352 g/mol. The number of nitrogens with one attached hydrogen (secondary N) is 2. The zero-order valence-electron chi connectivity index (χ0n) is 13.6. The van der Waals surface area contributed by atoms with Crippen LogP contribution in [0.4, 0.5) is 0 Å². The Bertz CT molecular complexity index is 335. The van der Waals surface area contributed by atoms with Gasteiger partial charge < -0.3 is 15.2 Å². The van der Waals surface area contributed by atoms with E-state index in [1.807, 2.05) is 7.05 Å². The van der Waals surface area contributed by atoms with Crippen molar-refractivity contribution in [3.05, 3.63) is 0 Å². The van der Waals surface area contributed by atoms with Gasteiger partial charge >= 0.3 is 0 Å². The third-order valence-electron chi connectivity index (χ3n) is 5.36. The molecule has 0 aromatic heterocycles. The van der Waals surface area contributed by atoms with Crippen LogP contribution in [-0.2, 0) is 4.74 Å². The predicted molar refractivity (Wildman–Crippen MR) is 91.6 cm³/mol. The first-order valence-electron chi connectivity index (χ1n) is 8.45. The van der Waals surface area contributed by atoms with Crippen molar-refractivity contribution >= 4 is 23.2 Å². The summed E-state index contributed by atoms with van der Waals surface area (Å²) in [5.41, 5.74) is 0. The van der Waals surface area contributed by atoms with Gasteiger partial charge in [-0.3, -0.25) is 5.32 Å². The van der Waals surface area contributed by atoms with Crippen LogP contribution >= 0.6 is 23.2 Å². The van der Waals surface area contributed by atoms with Crippen LogP contribution < -0.4 is 10.6 Å². The number of hydrogen-bond acceptors (Lipinski definition) is 4. The standard InChI is InChI=1S/C16H30Cl2N2O2/c1-19-9-12(10-5-6-13(17)14(18)8-10)15(21)11-4-3-7-20-16(11)22-2/h10-16,19-21H,3-9H2,1-2H3/t10-,11?,12?,13?,14?,15+,16?/m1/s1. The third-order valence-corrected chi connectivity index (χ3v) is 6.49. The van der Waals surface area contributed by atoms with Crippen LogP contribution in [0.3, 0.4) is 0 Å². The van der Waals surface area contributed by atoms with Gasteiger partial charge in [-0.2, -0.15) is 0 Å². The zero-order chi connectivity index (χ0) is 16.1. The Morgan fingerprint density at radius 3 is 2.68 bits per heavy atom. The molecule has 7 atom stereocenters. The topological polar surface area (TPSA) is 53.5 Å². The second-order valence-electron chi connectivity index (χ2n) is 6.73. The van der Waals surface area contributed by atoms with E-state index in [-0.39, 0.29) is 34.9 Å². The molecular formula is C16H30Cl2N2O2. The third kappa shape index (κ3) is 4.49. The van der Waals surface area contributed by atoms with Crippen LogP contribution in [0.2, 0.25) is 0 Å². The first-order valence-corrected chi connectivity index (χ1v) is 9.32. The summed E-state index contributed by atoms with van der Waals surface area (Å²) in [4.78, 5) is 0. The highest BCUT2D eigenvalue weighted by Gasteiger charge is 2.40. The lowest BCUT2D eigenvalue weighted by molar-refractivity contribution is -0.0789. The molecule has 0 aromatic carbocycles. The van der Waals surface area contributed by atoms with Gasteiger partial charge in [-0.25, -0.2) is 0 Å². The van der Waals surface area contributed by atoms with E-state index < -0.39 is 0 Å². The summed E-state index contributed by atoms with van der Waals surface area (Å²) >= 11 is 12.6. The molecule has 2 rings (SSSR count). The van der Waals surface area contributed by atoms with E-state index in [4.69, 9.17) is 27.9 Å². The van der Waals surface area contributed by atoms with Crippen molar-refractivity contribution in [2.75, 3.05) is 27.2 Å². The molecule has 130 valence electrons. The molecule has 4 nitrogen and oxygen atoms in total. The number of aliphatic hydroxyl groups is 1. The van der Waals surface area contributed by atoms with Crippen LogP contribution in [0, 0.1) is 17.8 Å². The van der Waals surface area contributed by atoms with Crippen molar-refractivity contribution in [2.45, 2.75) is 55.2 Å². The number of rotatable bonds is 6. The molecule has 1 heterocycles. The minimum Gasteiger partial charge on any atom is -0.392 e. The number of ether oxygens (including phenoxy) is 1. The van der Waals surface area contributed by atoms with Gasteiger partial charge in [0, 0.05) is 30.9 Å². The summed E-state index contributed by atoms with van der Waals surface area (Å²) in [5.74, 6) is 0.747. The molecule has 0 spiro atoms. The molecule has 5 unspecified atom stereocenters. The van der Waals surface area contributed by atoms with Gasteiger partial charge in [0.1, 0.15) is 6.23 Å². The molecule has 0 radical (unpaired) electrons. The smallest absolute Gasteiger partial charge is 0.113 e. The summed E-state index contributed by atoms with van der Waals surface area (Å²) in [6, 6.07) is 0. The van der Waals surface area contributed by atoms with Crippen molar-refractivity contribution in [3.8, 4) is 0 Å². The van der Waals surface area contributed by atoms with Crippen molar-refractivity contribution in [1.29, 1.82) is 0 Å². The van der Waals surface area contributed by atoms with E-state index >= 15 is 0 Å². The second kappa shape index (κ2) is 9.05. The van der Waals surface area contributed by atoms with E-state index in [0.29, 0.717) is 5.92 Å². The molecule has 0 aromatic rings. The quantitative estimate of drug-likeness (QED) is 0.641. The summed E-state index contributed by atoms with van der Waals surface area (Å²) in [6.45, 7) is 1.76. The highest BCUT2D eigenvalue weighted by atomic mass is 35.5. The van der Waals surface area contributed by atoms with Crippen molar-refractivity contribution in [1.82, 2.24) is 10.6 Å². The number of alkyl halides is 2. The normalized spacial score (nSPS) is 39.4. The van der Waals surface area contributed by atoms with Gasteiger partial charge in [0.15, 0.2) is 0 Å². The molecule has 2 fully saturated rings. The van der Waals surface area contributed by atoms with E-state index in [0.717, 1.165) is 45.2 Å². The number of halogens is 2. The van der Waals surface area contributed by atoms with Gasteiger partial charge in [-0.05, 0) is 51.6 Å². The largest absolute Gasteiger partial charge is 0.392 e. The summed E-state index contributed by atoms with van der Waals surface area (Å²) in [6.07, 6.45) is 4.51. The fourth-order valence-electron chi connectivity index (χ4n) is 4.11. The van der Waals surface area contributed by atoms with Crippen LogP contribution in [0.15, 0.2) is 0 Å². The van der Waals surface area contributed by atoms with E-state index in [9.17, 15) is 5.11 Å². The van der Waals surface area contributed by atoms with Crippen LogP contribution in [-0.4, -0.2) is 55.4 Å². The van der Waals surface area contributed by atoms with Gasteiger partial charge in [-0.1, -0.05) is 0 Å². The molecule has 1 saturated heterocycles. The highest BCUT2D eigenvalue weighted by Crippen LogP contribution is 2.39. The number of methoxy groups -OCH3 is 1. The minimum atomic E-state index is -0.383. The zero-order valence-corrected chi connectivity index (χ0v) is 15.1. The first kappa shape index (κ1) is 18.8. The molecular weight excluding hydrogens is 323 g/mol. The average molecular weight is 353 g/mol. The second-order valence-corrected chi connectivity index (χ2v) is 7.85. The minimum absolute atomic E-state index is 0.00896. The number of aliphatic hydroxyl groups excluding tert-OH is 1.